The van der Waals surface area contributed by atoms with Crippen LogP contribution in [0.15, 0.2) is 35.3 Å². The van der Waals surface area contributed by atoms with Gasteiger partial charge in [0.25, 0.3) is 0 Å². The van der Waals surface area contributed by atoms with Crippen molar-refractivity contribution in [1.82, 2.24) is 15.1 Å². The second kappa shape index (κ2) is 10.6. The molecule has 2 heterocycles. The van der Waals surface area contributed by atoms with Gasteiger partial charge in [-0.2, -0.15) is 0 Å². The molecule has 0 radical (unpaired) electrons. The van der Waals surface area contributed by atoms with Gasteiger partial charge in [-0.1, -0.05) is 18.2 Å². The van der Waals surface area contributed by atoms with E-state index < -0.39 is 5.60 Å². The lowest BCUT2D eigenvalue weighted by molar-refractivity contribution is -0.0567. The average Bonchev–Trinajstić information content (AvgIpc) is 2.73. The van der Waals surface area contributed by atoms with E-state index in [0.29, 0.717) is 39.2 Å². The molecule has 2 aliphatic heterocycles. The number of guanidine groups is 1. The van der Waals surface area contributed by atoms with Crippen LogP contribution >= 0.6 is 0 Å². The Morgan fingerprint density at radius 2 is 1.89 bits per heavy atom. The number of hydrogen-bond donors (Lipinski definition) is 2. The Morgan fingerprint density at radius 3 is 2.57 bits per heavy atom. The summed E-state index contributed by atoms with van der Waals surface area (Å²) in [5, 5.41) is 14.0. The maximum absolute atomic E-state index is 10.7. The molecular weight excluding hydrogens is 356 g/mol. The number of benzene rings is 1. The fourth-order valence-corrected chi connectivity index (χ4v) is 3.55. The smallest absolute Gasteiger partial charge is 0.194 e. The molecule has 2 fully saturated rings. The highest BCUT2D eigenvalue weighted by atomic mass is 16.5. The zero-order valence-corrected chi connectivity index (χ0v) is 17.0. The van der Waals surface area contributed by atoms with Crippen molar-refractivity contribution in [3.63, 3.8) is 0 Å². The van der Waals surface area contributed by atoms with E-state index in [1.165, 1.54) is 0 Å². The van der Waals surface area contributed by atoms with Crippen molar-refractivity contribution < 1.29 is 14.6 Å². The van der Waals surface area contributed by atoms with Crippen LogP contribution in [0.4, 0.5) is 0 Å². The Morgan fingerprint density at radius 1 is 1.18 bits per heavy atom. The topological polar surface area (TPSA) is 69.6 Å². The van der Waals surface area contributed by atoms with Crippen molar-refractivity contribution in [2.75, 3.05) is 65.6 Å². The van der Waals surface area contributed by atoms with E-state index in [1.54, 1.807) is 0 Å². The fraction of sp³-hybridized carbons (Fsp3) is 0.667. The van der Waals surface area contributed by atoms with Gasteiger partial charge in [-0.05, 0) is 19.1 Å². The third-order valence-corrected chi connectivity index (χ3v) is 5.37. The summed E-state index contributed by atoms with van der Waals surface area (Å²) in [5.41, 5.74) is -0.727. The summed E-state index contributed by atoms with van der Waals surface area (Å²) in [6.07, 6.45) is 1.32. The lowest BCUT2D eigenvalue weighted by Gasteiger charge is -2.37. The van der Waals surface area contributed by atoms with Crippen LogP contribution < -0.4 is 10.1 Å². The maximum atomic E-state index is 10.7. The number of nitrogens with one attached hydrogen (secondary N) is 1. The highest BCUT2D eigenvalue weighted by Crippen LogP contribution is 2.20. The summed E-state index contributed by atoms with van der Waals surface area (Å²) in [4.78, 5) is 9.46. The molecule has 3 rings (SSSR count). The van der Waals surface area contributed by atoms with Gasteiger partial charge in [0, 0.05) is 65.3 Å². The van der Waals surface area contributed by atoms with Crippen LogP contribution in [0.5, 0.6) is 5.75 Å². The molecule has 1 aromatic carbocycles. The molecule has 7 nitrogen and oxygen atoms in total. The molecule has 7 heteroatoms. The molecule has 156 valence electrons. The minimum absolute atomic E-state index is 0.434. The van der Waals surface area contributed by atoms with Gasteiger partial charge in [-0.3, -0.25) is 9.89 Å². The first kappa shape index (κ1) is 20.9. The molecule has 0 spiro atoms. The number of rotatable bonds is 7. The normalized spacial score (nSPS) is 20.8. The fourth-order valence-electron chi connectivity index (χ4n) is 3.55. The van der Waals surface area contributed by atoms with Crippen molar-refractivity contribution in [2.24, 2.45) is 4.99 Å². The zero-order chi connectivity index (χ0) is 19.7. The molecule has 1 aromatic rings. The quantitative estimate of drug-likeness (QED) is 0.538. The van der Waals surface area contributed by atoms with E-state index in [4.69, 9.17) is 14.5 Å². The summed E-state index contributed by atoms with van der Waals surface area (Å²) in [7, 11) is 0. The van der Waals surface area contributed by atoms with Gasteiger partial charge >= 0.3 is 0 Å². The highest BCUT2D eigenvalue weighted by Gasteiger charge is 2.30. The SMILES string of the molecule is CCNC(=NCC1(O)CCOCC1)N1CCN(CCOc2ccccc2)CC1. The van der Waals surface area contributed by atoms with E-state index >= 15 is 0 Å². The van der Waals surface area contributed by atoms with Crippen molar-refractivity contribution in [3.8, 4) is 5.75 Å². The number of aliphatic imine (C=N–C) groups is 1. The van der Waals surface area contributed by atoms with E-state index in [0.717, 1.165) is 51.0 Å². The van der Waals surface area contributed by atoms with Gasteiger partial charge in [0.2, 0.25) is 0 Å². The van der Waals surface area contributed by atoms with Crippen LogP contribution in [-0.4, -0.2) is 92.1 Å². The standard InChI is InChI=1S/C21H34N4O3/c1-2-22-20(23-18-21(26)8-15-27-16-9-21)25-12-10-24(11-13-25)14-17-28-19-6-4-3-5-7-19/h3-7,26H,2,8-18H2,1H3,(H,22,23). The number of hydrogen-bond acceptors (Lipinski definition) is 5. The van der Waals surface area contributed by atoms with E-state index in [-0.39, 0.29) is 0 Å². The van der Waals surface area contributed by atoms with E-state index in [9.17, 15) is 5.11 Å². The third kappa shape index (κ3) is 6.36. The van der Waals surface area contributed by atoms with Gasteiger partial charge in [0.1, 0.15) is 12.4 Å². The van der Waals surface area contributed by atoms with Crippen molar-refractivity contribution in [1.29, 1.82) is 0 Å². The Labute approximate surface area is 168 Å². The van der Waals surface area contributed by atoms with Gasteiger partial charge < -0.3 is 24.8 Å². The molecule has 0 aromatic heterocycles. The zero-order valence-electron chi connectivity index (χ0n) is 17.0. The van der Waals surface area contributed by atoms with Crippen molar-refractivity contribution in [2.45, 2.75) is 25.4 Å². The van der Waals surface area contributed by atoms with Crippen molar-refractivity contribution >= 4 is 5.96 Å². The predicted molar refractivity (Wildman–Crippen MR) is 111 cm³/mol. The largest absolute Gasteiger partial charge is 0.492 e. The Bertz CT molecular complexity index is 597. The molecule has 0 bridgehead atoms. The Balaban J connectivity index is 1.43. The van der Waals surface area contributed by atoms with Gasteiger partial charge in [0.05, 0.1) is 12.1 Å². The number of piperazine rings is 1. The van der Waals surface area contributed by atoms with E-state index in [1.807, 2.05) is 30.3 Å². The molecule has 2 aliphatic rings. The molecule has 2 saturated heterocycles. The number of para-hydroxylation sites is 1. The van der Waals surface area contributed by atoms with Gasteiger partial charge in [-0.15, -0.1) is 0 Å². The molecular formula is C21H34N4O3. The van der Waals surface area contributed by atoms with Crippen molar-refractivity contribution in [3.05, 3.63) is 30.3 Å². The second-order valence-electron chi connectivity index (χ2n) is 7.50. The van der Waals surface area contributed by atoms with Gasteiger partial charge in [0.15, 0.2) is 5.96 Å². The van der Waals surface area contributed by atoms with Crippen LogP contribution in [0, 0.1) is 0 Å². The van der Waals surface area contributed by atoms with Crippen LogP contribution in [0.2, 0.25) is 0 Å². The first-order valence-corrected chi connectivity index (χ1v) is 10.4. The summed E-state index contributed by atoms with van der Waals surface area (Å²) < 4.78 is 11.2. The first-order chi connectivity index (χ1) is 13.7. The molecule has 0 amide bonds. The highest BCUT2D eigenvalue weighted by molar-refractivity contribution is 5.80. The summed E-state index contributed by atoms with van der Waals surface area (Å²) in [5.74, 6) is 1.83. The van der Waals surface area contributed by atoms with Crippen LogP contribution in [0.3, 0.4) is 0 Å². The predicted octanol–water partition coefficient (Wildman–Crippen LogP) is 1.19. The number of aliphatic hydroxyl groups is 1. The van der Waals surface area contributed by atoms with Crippen LogP contribution in [0.25, 0.3) is 0 Å². The number of nitrogens with zero attached hydrogens (tertiary/aromatic N) is 3. The van der Waals surface area contributed by atoms with E-state index in [2.05, 4.69) is 22.0 Å². The molecule has 0 atom stereocenters. The first-order valence-electron chi connectivity index (χ1n) is 10.4. The van der Waals surface area contributed by atoms with Crippen LogP contribution in [-0.2, 0) is 4.74 Å². The Kier molecular flexibility index (Phi) is 7.94. The lowest BCUT2D eigenvalue weighted by Crippen LogP contribution is -2.53. The lowest BCUT2D eigenvalue weighted by atomic mass is 9.95. The summed E-state index contributed by atoms with van der Waals surface area (Å²) >= 11 is 0. The van der Waals surface area contributed by atoms with Crippen LogP contribution in [0.1, 0.15) is 19.8 Å². The van der Waals surface area contributed by atoms with Gasteiger partial charge in [-0.25, -0.2) is 0 Å². The average molecular weight is 391 g/mol. The summed E-state index contributed by atoms with van der Waals surface area (Å²) in [6, 6.07) is 9.96. The monoisotopic (exact) mass is 390 g/mol. The summed E-state index contributed by atoms with van der Waals surface area (Å²) in [6.45, 7) is 10.0. The Hall–Kier alpha value is -1.83. The molecule has 0 aliphatic carbocycles. The minimum atomic E-state index is -0.727. The maximum Gasteiger partial charge on any atom is 0.194 e. The third-order valence-electron chi connectivity index (χ3n) is 5.37. The molecule has 0 unspecified atom stereocenters. The number of ether oxygens (including phenoxy) is 2. The molecule has 2 N–H and O–H groups in total. The minimum Gasteiger partial charge on any atom is -0.492 e. The second-order valence-corrected chi connectivity index (χ2v) is 7.50. The molecule has 0 saturated carbocycles. The molecule has 28 heavy (non-hydrogen) atoms.